The topological polar surface area (TPSA) is 56.8 Å². The van der Waals surface area contributed by atoms with Gasteiger partial charge in [-0.25, -0.2) is 0 Å². The molecule has 1 aliphatic rings. The maximum atomic E-state index is 11.6. The van der Waals surface area contributed by atoms with E-state index in [1.807, 2.05) is 20.8 Å². The number of rotatable bonds is 5. The molecule has 0 spiro atoms. The summed E-state index contributed by atoms with van der Waals surface area (Å²) in [5.41, 5.74) is -0.663. The van der Waals surface area contributed by atoms with Gasteiger partial charge in [-0.05, 0) is 20.8 Å². The number of carbonyl (C=O) groups is 1. The van der Waals surface area contributed by atoms with Crippen LogP contribution in [0.1, 0.15) is 27.2 Å². The third-order valence-electron chi connectivity index (χ3n) is 2.74. The van der Waals surface area contributed by atoms with Crippen LogP contribution in [-0.4, -0.2) is 50.6 Å². The van der Waals surface area contributed by atoms with Crippen LogP contribution in [0.25, 0.3) is 0 Å². The molecule has 100 valence electrons. The van der Waals surface area contributed by atoms with Crippen LogP contribution in [0, 0.1) is 0 Å². The molecule has 1 atom stereocenters. The average Bonchev–Trinajstić information content (AvgIpc) is 2.72. The van der Waals surface area contributed by atoms with Crippen molar-refractivity contribution in [1.29, 1.82) is 0 Å². The van der Waals surface area contributed by atoms with E-state index in [1.165, 1.54) is 0 Å². The highest BCUT2D eigenvalue weighted by Gasteiger charge is 2.35. The summed E-state index contributed by atoms with van der Waals surface area (Å²) in [7, 11) is 1.65. The number of nitrogens with one attached hydrogen (secondary N) is 1. The van der Waals surface area contributed by atoms with Gasteiger partial charge in [0.25, 0.3) is 0 Å². The molecule has 1 heterocycles. The molecule has 5 heteroatoms. The van der Waals surface area contributed by atoms with Crippen LogP contribution in [0.4, 0.5) is 0 Å². The Balaban J connectivity index is 2.27. The Bertz CT molecular complexity index is 254. The molecule has 1 N–H and O–H groups in total. The SMILES string of the molecule is COC1(CNC(=O)COC(C)(C)C)CCOC1. The second kappa shape index (κ2) is 5.80. The number of carbonyl (C=O) groups excluding carboxylic acids is 1. The first kappa shape index (κ1) is 14.4. The van der Waals surface area contributed by atoms with Gasteiger partial charge in [-0.1, -0.05) is 0 Å². The molecule has 0 bridgehead atoms. The van der Waals surface area contributed by atoms with Crippen LogP contribution in [0.15, 0.2) is 0 Å². The van der Waals surface area contributed by atoms with Crippen molar-refractivity contribution in [2.75, 3.05) is 33.5 Å². The van der Waals surface area contributed by atoms with E-state index in [0.29, 0.717) is 19.8 Å². The molecular formula is C12H23NO4. The maximum absolute atomic E-state index is 11.6. The van der Waals surface area contributed by atoms with Crippen molar-refractivity contribution in [3.8, 4) is 0 Å². The molecule has 5 nitrogen and oxygen atoms in total. The zero-order chi connectivity index (χ0) is 12.9. The van der Waals surface area contributed by atoms with Gasteiger partial charge in [-0.3, -0.25) is 4.79 Å². The molecule has 0 aromatic carbocycles. The molecule has 0 aromatic rings. The fraction of sp³-hybridized carbons (Fsp3) is 0.917. The molecule has 1 rings (SSSR count). The van der Waals surface area contributed by atoms with Gasteiger partial charge in [-0.2, -0.15) is 0 Å². The van der Waals surface area contributed by atoms with Crippen molar-refractivity contribution in [2.24, 2.45) is 0 Å². The molecule has 1 aliphatic heterocycles. The van der Waals surface area contributed by atoms with E-state index in [0.717, 1.165) is 6.42 Å². The standard InChI is InChI=1S/C12H23NO4/c1-11(2,3)17-7-10(14)13-8-12(15-4)5-6-16-9-12/h5-9H2,1-4H3,(H,13,14). The van der Waals surface area contributed by atoms with Crippen molar-refractivity contribution in [3.63, 3.8) is 0 Å². The fourth-order valence-corrected chi connectivity index (χ4v) is 1.55. The van der Waals surface area contributed by atoms with E-state index >= 15 is 0 Å². The monoisotopic (exact) mass is 245 g/mol. The lowest BCUT2D eigenvalue weighted by atomic mass is 10.0. The van der Waals surface area contributed by atoms with E-state index in [-0.39, 0.29) is 23.7 Å². The maximum Gasteiger partial charge on any atom is 0.246 e. The van der Waals surface area contributed by atoms with Gasteiger partial charge in [0.15, 0.2) is 0 Å². The zero-order valence-electron chi connectivity index (χ0n) is 11.2. The second-order valence-corrected chi connectivity index (χ2v) is 5.37. The molecule has 1 amide bonds. The van der Waals surface area contributed by atoms with Crippen LogP contribution in [-0.2, 0) is 19.0 Å². The summed E-state index contributed by atoms with van der Waals surface area (Å²) in [6, 6.07) is 0. The Morgan fingerprint density at radius 3 is 2.65 bits per heavy atom. The van der Waals surface area contributed by atoms with Crippen molar-refractivity contribution >= 4 is 5.91 Å². The summed E-state index contributed by atoms with van der Waals surface area (Å²) in [5.74, 6) is -0.122. The van der Waals surface area contributed by atoms with Crippen LogP contribution < -0.4 is 5.32 Å². The van der Waals surface area contributed by atoms with E-state index in [1.54, 1.807) is 7.11 Å². The summed E-state index contributed by atoms with van der Waals surface area (Å²) in [4.78, 5) is 11.6. The predicted molar refractivity (Wildman–Crippen MR) is 63.9 cm³/mol. The molecule has 0 saturated carbocycles. The van der Waals surface area contributed by atoms with Gasteiger partial charge >= 0.3 is 0 Å². The minimum absolute atomic E-state index is 0.0736. The molecule has 1 fully saturated rings. The lowest BCUT2D eigenvalue weighted by Gasteiger charge is -2.26. The lowest BCUT2D eigenvalue weighted by Crippen LogP contribution is -2.46. The van der Waals surface area contributed by atoms with Gasteiger partial charge in [-0.15, -0.1) is 0 Å². The van der Waals surface area contributed by atoms with Crippen LogP contribution >= 0.6 is 0 Å². The van der Waals surface area contributed by atoms with Crippen LogP contribution in [0.5, 0.6) is 0 Å². The highest BCUT2D eigenvalue weighted by atomic mass is 16.5. The van der Waals surface area contributed by atoms with E-state index in [2.05, 4.69) is 5.32 Å². The van der Waals surface area contributed by atoms with Gasteiger partial charge in [0.05, 0.1) is 12.2 Å². The number of ether oxygens (including phenoxy) is 3. The molecule has 1 unspecified atom stereocenters. The van der Waals surface area contributed by atoms with Crippen molar-refractivity contribution < 1.29 is 19.0 Å². The van der Waals surface area contributed by atoms with Gasteiger partial charge in [0, 0.05) is 26.7 Å². The van der Waals surface area contributed by atoms with E-state index in [9.17, 15) is 4.79 Å². The third kappa shape index (κ3) is 5.02. The lowest BCUT2D eigenvalue weighted by molar-refractivity contribution is -0.132. The highest BCUT2D eigenvalue weighted by Crippen LogP contribution is 2.21. The van der Waals surface area contributed by atoms with Crippen molar-refractivity contribution in [3.05, 3.63) is 0 Å². The average molecular weight is 245 g/mol. The van der Waals surface area contributed by atoms with Gasteiger partial charge in [0.2, 0.25) is 5.91 Å². The van der Waals surface area contributed by atoms with Crippen molar-refractivity contribution in [2.45, 2.75) is 38.4 Å². The Kier molecular flexibility index (Phi) is 4.91. The molecule has 17 heavy (non-hydrogen) atoms. The van der Waals surface area contributed by atoms with Gasteiger partial charge < -0.3 is 19.5 Å². The first-order valence-corrected chi connectivity index (χ1v) is 5.90. The minimum atomic E-state index is -0.364. The normalized spacial score (nSPS) is 24.9. The summed E-state index contributed by atoms with van der Waals surface area (Å²) in [5, 5.41) is 2.82. The largest absolute Gasteiger partial charge is 0.378 e. The number of hydrogen-bond acceptors (Lipinski definition) is 4. The summed E-state index contributed by atoms with van der Waals surface area (Å²) < 4.78 is 16.1. The molecule has 0 aliphatic carbocycles. The Morgan fingerprint density at radius 1 is 1.47 bits per heavy atom. The summed E-state index contributed by atoms with van der Waals surface area (Å²) >= 11 is 0. The molecule has 0 aromatic heterocycles. The van der Waals surface area contributed by atoms with Crippen LogP contribution in [0.2, 0.25) is 0 Å². The Morgan fingerprint density at radius 2 is 2.18 bits per heavy atom. The second-order valence-electron chi connectivity index (χ2n) is 5.37. The Labute approximate surface area is 103 Å². The third-order valence-corrected chi connectivity index (χ3v) is 2.74. The first-order valence-electron chi connectivity index (χ1n) is 5.90. The number of amides is 1. The minimum Gasteiger partial charge on any atom is -0.378 e. The number of hydrogen-bond donors (Lipinski definition) is 1. The predicted octanol–water partition coefficient (Wildman–Crippen LogP) is 0.723. The Hall–Kier alpha value is -0.650. The quantitative estimate of drug-likeness (QED) is 0.775. The fourth-order valence-electron chi connectivity index (χ4n) is 1.55. The van der Waals surface area contributed by atoms with E-state index in [4.69, 9.17) is 14.2 Å². The van der Waals surface area contributed by atoms with Crippen LogP contribution in [0.3, 0.4) is 0 Å². The zero-order valence-corrected chi connectivity index (χ0v) is 11.2. The molecule has 1 saturated heterocycles. The van der Waals surface area contributed by atoms with Crippen molar-refractivity contribution in [1.82, 2.24) is 5.32 Å². The summed E-state index contributed by atoms with van der Waals surface area (Å²) in [6.45, 7) is 7.51. The van der Waals surface area contributed by atoms with E-state index < -0.39 is 0 Å². The smallest absolute Gasteiger partial charge is 0.246 e. The first-order chi connectivity index (χ1) is 7.87. The van der Waals surface area contributed by atoms with Gasteiger partial charge in [0.1, 0.15) is 12.2 Å². The molecule has 0 radical (unpaired) electrons. The summed E-state index contributed by atoms with van der Waals surface area (Å²) in [6.07, 6.45) is 0.809. The molecular weight excluding hydrogens is 222 g/mol. The number of methoxy groups -OCH3 is 1. The highest BCUT2D eigenvalue weighted by molar-refractivity contribution is 5.77.